The van der Waals surface area contributed by atoms with E-state index < -0.39 is 11.9 Å². The molecule has 2 atom stereocenters. The highest BCUT2D eigenvalue weighted by Crippen LogP contribution is 2.30. The molecule has 0 aliphatic carbocycles. The number of hydrogen-bond donors (Lipinski definition) is 3. The molecule has 2 aliphatic rings. The van der Waals surface area contributed by atoms with Crippen LogP contribution in [0.4, 0.5) is 5.69 Å². The van der Waals surface area contributed by atoms with E-state index in [4.69, 9.17) is 5.73 Å². The van der Waals surface area contributed by atoms with Crippen LogP contribution in [0.2, 0.25) is 0 Å². The predicted octanol–water partition coefficient (Wildman–Crippen LogP) is 2.08. The Balaban J connectivity index is 1.52. The Labute approximate surface area is 169 Å². The first-order chi connectivity index (χ1) is 13.9. The highest BCUT2D eigenvalue weighted by Gasteiger charge is 2.39. The topological polar surface area (TPSA) is 105 Å². The standard InChI is InChI=1S/C22H24N4O3/c1-13(23)14-4-2-6-16(10-14)24-11-15-5-3-7-17-18(15)12-26(22(17)29)19-8-9-20(27)25-21(19)28/h2-7,10,13,19,24H,8-9,11-12,23H2,1H3,(H,25,27,28)/t13-,19?/m1/s1. The highest BCUT2D eigenvalue weighted by molar-refractivity contribution is 6.05. The molecule has 3 amide bonds. The summed E-state index contributed by atoms with van der Waals surface area (Å²) in [6.45, 7) is 2.87. The monoisotopic (exact) mass is 392 g/mol. The van der Waals surface area contributed by atoms with Gasteiger partial charge in [-0.2, -0.15) is 0 Å². The number of carbonyl (C=O) groups is 3. The molecule has 29 heavy (non-hydrogen) atoms. The van der Waals surface area contributed by atoms with Crippen LogP contribution < -0.4 is 16.4 Å². The van der Waals surface area contributed by atoms with Gasteiger partial charge in [0.1, 0.15) is 6.04 Å². The number of fused-ring (bicyclic) bond motifs is 1. The Kier molecular flexibility index (Phi) is 5.07. The average Bonchev–Trinajstić information content (AvgIpc) is 3.04. The highest BCUT2D eigenvalue weighted by atomic mass is 16.2. The van der Waals surface area contributed by atoms with Gasteiger partial charge in [0, 0.05) is 36.8 Å². The Morgan fingerprint density at radius 1 is 1.21 bits per heavy atom. The van der Waals surface area contributed by atoms with Crippen LogP contribution in [0.15, 0.2) is 42.5 Å². The molecule has 1 saturated heterocycles. The smallest absolute Gasteiger partial charge is 0.255 e. The summed E-state index contributed by atoms with van der Waals surface area (Å²) in [5, 5.41) is 5.74. The summed E-state index contributed by atoms with van der Waals surface area (Å²) in [5.41, 5.74) is 10.5. The van der Waals surface area contributed by atoms with Gasteiger partial charge in [0.2, 0.25) is 11.8 Å². The van der Waals surface area contributed by atoms with Crippen LogP contribution in [0.1, 0.15) is 52.9 Å². The molecule has 150 valence electrons. The van der Waals surface area contributed by atoms with Crippen molar-refractivity contribution in [1.82, 2.24) is 10.2 Å². The van der Waals surface area contributed by atoms with Crippen molar-refractivity contribution in [2.24, 2.45) is 5.73 Å². The molecule has 1 fully saturated rings. The molecule has 0 radical (unpaired) electrons. The molecule has 7 nitrogen and oxygen atoms in total. The molecule has 0 aromatic heterocycles. The number of nitrogens with zero attached hydrogens (tertiary/aromatic N) is 1. The third-order valence-corrected chi connectivity index (χ3v) is 5.57. The van der Waals surface area contributed by atoms with Crippen LogP contribution in [0, 0.1) is 0 Å². The van der Waals surface area contributed by atoms with E-state index in [0.717, 1.165) is 22.4 Å². The lowest BCUT2D eigenvalue weighted by atomic mass is 10.0. The lowest BCUT2D eigenvalue weighted by molar-refractivity contribution is -0.136. The van der Waals surface area contributed by atoms with Gasteiger partial charge in [0.05, 0.1) is 0 Å². The van der Waals surface area contributed by atoms with Gasteiger partial charge in [0.25, 0.3) is 5.91 Å². The Bertz CT molecular complexity index is 986. The number of carbonyl (C=O) groups excluding carboxylic acids is 3. The summed E-state index contributed by atoms with van der Waals surface area (Å²) >= 11 is 0. The van der Waals surface area contributed by atoms with Crippen LogP contribution in [0.25, 0.3) is 0 Å². The molecule has 2 aromatic carbocycles. The van der Waals surface area contributed by atoms with Crippen LogP contribution in [-0.4, -0.2) is 28.7 Å². The lowest BCUT2D eigenvalue weighted by Gasteiger charge is -2.29. The maximum atomic E-state index is 12.9. The van der Waals surface area contributed by atoms with E-state index >= 15 is 0 Å². The minimum atomic E-state index is -0.601. The maximum absolute atomic E-state index is 12.9. The second kappa shape index (κ2) is 7.67. The van der Waals surface area contributed by atoms with E-state index in [-0.39, 0.29) is 24.3 Å². The van der Waals surface area contributed by atoms with Gasteiger partial charge in [-0.1, -0.05) is 24.3 Å². The Morgan fingerprint density at radius 3 is 2.76 bits per heavy atom. The summed E-state index contributed by atoms with van der Waals surface area (Å²) in [6, 6.07) is 13.0. The summed E-state index contributed by atoms with van der Waals surface area (Å²) in [5.74, 6) is -0.834. The average molecular weight is 392 g/mol. The van der Waals surface area contributed by atoms with Gasteiger partial charge in [0.15, 0.2) is 0 Å². The van der Waals surface area contributed by atoms with Gasteiger partial charge in [-0.15, -0.1) is 0 Å². The first-order valence-corrected chi connectivity index (χ1v) is 9.79. The lowest BCUT2D eigenvalue weighted by Crippen LogP contribution is -2.52. The van der Waals surface area contributed by atoms with Gasteiger partial charge in [-0.25, -0.2) is 0 Å². The van der Waals surface area contributed by atoms with Gasteiger partial charge in [-0.3, -0.25) is 19.7 Å². The first-order valence-electron chi connectivity index (χ1n) is 9.79. The van der Waals surface area contributed by atoms with Crippen molar-refractivity contribution >= 4 is 23.4 Å². The largest absolute Gasteiger partial charge is 0.381 e. The van der Waals surface area contributed by atoms with Crippen molar-refractivity contribution in [2.75, 3.05) is 5.32 Å². The third kappa shape index (κ3) is 3.73. The maximum Gasteiger partial charge on any atom is 0.255 e. The second-order valence-corrected chi connectivity index (χ2v) is 7.61. The van der Waals surface area contributed by atoms with E-state index in [1.165, 1.54) is 0 Å². The summed E-state index contributed by atoms with van der Waals surface area (Å²) in [6.07, 6.45) is 0.614. The van der Waals surface area contributed by atoms with E-state index in [2.05, 4.69) is 10.6 Å². The zero-order valence-corrected chi connectivity index (χ0v) is 16.3. The van der Waals surface area contributed by atoms with Crippen LogP contribution >= 0.6 is 0 Å². The summed E-state index contributed by atoms with van der Waals surface area (Å²) in [7, 11) is 0. The molecule has 0 spiro atoms. The Hall–Kier alpha value is -3.19. The zero-order chi connectivity index (χ0) is 20.5. The molecular formula is C22H24N4O3. The third-order valence-electron chi connectivity index (χ3n) is 5.57. The molecule has 1 unspecified atom stereocenters. The quantitative estimate of drug-likeness (QED) is 0.676. The number of nitrogens with one attached hydrogen (secondary N) is 2. The number of hydrogen-bond acceptors (Lipinski definition) is 5. The zero-order valence-electron chi connectivity index (χ0n) is 16.3. The predicted molar refractivity (Wildman–Crippen MR) is 109 cm³/mol. The van der Waals surface area contributed by atoms with Crippen molar-refractivity contribution in [1.29, 1.82) is 0 Å². The van der Waals surface area contributed by atoms with Gasteiger partial charge >= 0.3 is 0 Å². The molecule has 4 N–H and O–H groups in total. The van der Waals surface area contributed by atoms with E-state index in [1.807, 2.05) is 43.3 Å². The van der Waals surface area contributed by atoms with Crippen molar-refractivity contribution in [3.05, 3.63) is 64.7 Å². The molecule has 0 bridgehead atoms. The number of amides is 3. The number of anilines is 1. The van der Waals surface area contributed by atoms with Crippen molar-refractivity contribution in [3.63, 3.8) is 0 Å². The minimum Gasteiger partial charge on any atom is -0.381 e. The van der Waals surface area contributed by atoms with Crippen molar-refractivity contribution in [2.45, 2.75) is 44.9 Å². The molecule has 2 aromatic rings. The van der Waals surface area contributed by atoms with E-state index in [1.54, 1.807) is 11.0 Å². The molecule has 4 rings (SSSR count). The summed E-state index contributed by atoms with van der Waals surface area (Å²) < 4.78 is 0. The number of rotatable bonds is 5. The van der Waals surface area contributed by atoms with Crippen molar-refractivity contribution < 1.29 is 14.4 Å². The van der Waals surface area contributed by atoms with Crippen LogP contribution in [0.5, 0.6) is 0 Å². The fourth-order valence-corrected chi connectivity index (χ4v) is 3.94. The van der Waals surface area contributed by atoms with Gasteiger partial charge in [-0.05, 0) is 48.2 Å². The molecule has 2 heterocycles. The van der Waals surface area contributed by atoms with Crippen LogP contribution in [-0.2, 0) is 22.7 Å². The molecule has 7 heteroatoms. The van der Waals surface area contributed by atoms with E-state index in [0.29, 0.717) is 25.1 Å². The van der Waals surface area contributed by atoms with Crippen LogP contribution in [0.3, 0.4) is 0 Å². The molecule has 2 aliphatic heterocycles. The van der Waals surface area contributed by atoms with E-state index in [9.17, 15) is 14.4 Å². The minimum absolute atomic E-state index is 0.0441. The summed E-state index contributed by atoms with van der Waals surface area (Å²) in [4.78, 5) is 38.1. The number of piperidine rings is 1. The van der Waals surface area contributed by atoms with Crippen molar-refractivity contribution in [3.8, 4) is 0 Å². The SMILES string of the molecule is C[C@@H](N)c1cccc(NCc2cccc3c2CN(C2CCC(=O)NC2=O)C3=O)c1. The number of imide groups is 1. The first kappa shape index (κ1) is 19.1. The molecule has 0 saturated carbocycles. The number of benzene rings is 2. The Morgan fingerprint density at radius 2 is 2.00 bits per heavy atom. The second-order valence-electron chi connectivity index (χ2n) is 7.61. The number of nitrogens with two attached hydrogens (primary N) is 1. The molecular weight excluding hydrogens is 368 g/mol. The fourth-order valence-electron chi connectivity index (χ4n) is 3.94. The fraction of sp³-hybridized carbons (Fsp3) is 0.318. The van der Waals surface area contributed by atoms with Gasteiger partial charge < -0.3 is 16.0 Å². The normalized spacial score (nSPS) is 19.7.